The summed E-state index contributed by atoms with van der Waals surface area (Å²) in [7, 11) is 0. The van der Waals surface area contributed by atoms with Gasteiger partial charge in [-0.2, -0.15) is 0 Å². The maximum Gasteiger partial charge on any atom is 0.0928 e. The van der Waals surface area contributed by atoms with Gasteiger partial charge in [0.05, 0.1) is 6.10 Å². The van der Waals surface area contributed by atoms with E-state index in [2.05, 4.69) is 5.32 Å². The van der Waals surface area contributed by atoms with Gasteiger partial charge in [-0.15, -0.1) is 0 Å². The van der Waals surface area contributed by atoms with Crippen LogP contribution < -0.4 is 5.32 Å². The first-order valence-corrected chi connectivity index (χ1v) is 7.86. The third kappa shape index (κ3) is 4.66. The van der Waals surface area contributed by atoms with Crippen LogP contribution in [0.5, 0.6) is 0 Å². The van der Waals surface area contributed by atoms with Crippen LogP contribution in [0.3, 0.4) is 0 Å². The Labute approximate surface area is 131 Å². The topological polar surface area (TPSA) is 61.7 Å². The first-order valence-electron chi connectivity index (χ1n) is 7.49. The van der Waals surface area contributed by atoms with E-state index in [1.165, 1.54) is 0 Å². The summed E-state index contributed by atoms with van der Waals surface area (Å²) < 4.78 is 5.41. The van der Waals surface area contributed by atoms with Gasteiger partial charge < -0.3 is 20.3 Å². The van der Waals surface area contributed by atoms with Crippen LogP contribution in [0, 0.1) is 5.41 Å². The number of aliphatic hydroxyl groups excluding tert-OH is 2. The lowest BCUT2D eigenvalue weighted by Crippen LogP contribution is -2.41. The monoisotopic (exact) mass is 313 g/mol. The molecule has 1 aromatic carbocycles. The molecule has 4 nitrogen and oxygen atoms in total. The molecule has 21 heavy (non-hydrogen) atoms. The van der Waals surface area contributed by atoms with Crippen LogP contribution in [0.15, 0.2) is 24.3 Å². The van der Waals surface area contributed by atoms with Crippen molar-refractivity contribution in [2.45, 2.75) is 25.4 Å². The molecule has 2 rings (SSSR count). The minimum Gasteiger partial charge on any atom is -0.396 e. The van der Waals surface area contributed by atoms with E-state index in [9.17, 15) is 10.2 Å². The zero-order valence-electron chi connectivity index (χ0n) is 12.2. The number of aliphatic hydroxyl groups is 2. The number of halogens is 1. The van der Waals surface area contributed by atoms with Crippen LogP contribution in [-0.2, 0) is 4.74 Å². The molecule has 1 fully saturated rings. The molecule has 0 radical (unpaired) electrons. The molecule has 0 aromatic heterocycles. The Morgan fingerprint density at radius 1 is 1.29 bits per heavy atom. The summed E-state index contributed by atoms with van der Waals surface area (Å²) in [6.07, 6.45) is 2.04. The fourth-order valence-electron chi connectivity index (χ4n) is 2.89. The summed E-state index contributed by atoms with van der Waals surface area (Å²) >= 11 is 6.09. The molecular formula is C16H24ClNO3. The standard InChI is InChI=1S/C16H24ClNO3/c17-14-4-2-1-3-13(14)15(20)11-18-12-16(5-8-19)6-9-21-10-7-16/h1-4,15,18-20H,5-12H2/t15-/m0/s1. The second-order valence-corrected chi connectivity index (χ2v) is 6.16. The fourth-order valence-corrected chi connectivity index (χ4v) is 3.15. The van der Waals surface area contributed by atoms with Crippen LogP contribution in [0.1, 0.15) is 30.9 Å². The SMILES string of the molecule is OCCC1(CNC[C@H](O)c2ccccc2Cl)CCOCC1. The molecule has 0 unspecified atom stereocenters. The summed E-state index contributed by atoms with van der Waals surface area (Å²) in [6.45, 7) is 2.91. The smallest absolute Gasteiger partial charge is 0.0928 e. The van der Waals surface area contributed by atoms with Crippen molar-refractivity contribution in [3.63, 3.8) is 0 Å². The van der Waals surface area contributed by atoms with Crippen molar-refractivity contribution in [1.29, 1.82) is 0 Å². The largest absolute Gasteiger partial charge is 0.396 e. The van der Waals surface area contributed by atoms with Crippen molar-refractivity contribution in [1.82, 2.24) is 5.32 Å². The maximum atomic E-state index is 10.2. The first kappa shape index (κ1) is 16.7. The Morgan fingerprint density at radius 3 is 2.67 bits per heavy atom. The number of hydrogen-bond acceptors (Lipinski definition) is 4. The van der Waals surface area contributed by atoms with Gasteiger partial charge in [-0.1, -0.05) is 29.8 Å². The Morgan fingerprint density at radius 2 is 2.00 bits per heavy atom. The van der Waals surface area contributed by atoms with Gasteiger partial charge in [0, 0.05) is 43.5 Å². The predicted molar refractivity (Wildman–Crippen MR) is 83.5 cm³/mol. The first-order chi connectivity index (χ1) is 10.2. The normalized spacial score (nSPS) is 19.4. The molecule has 0 bridgehead atoms. The van der Waals surface area contributed by atoms with E-state index in [0.29, 0.717) is 11.6 Å². The van der Waals surface area contributed by atoms with Crippen LogP contribution in [-0.4, -0.2) is 43.1 Å². The molecule has 0 amide bonds. The molecular weight excluding hydrogens is 290 g/mol. The highest BCUT2D eigenvalue weighted by Gasteiger charge is 2.31. The summed E-state index contributed by atoms with van der Waals surface area (Å²) in [5, 5.41) is 23.4. The summed E-state index contributed by atoms with van der Waals surface area (Å²) in [6, 6.07) is 7.35. The van der Waals surface area contributed by atoms with Crippen molar-refractivity contribution >= 4 is 11.6 Å². The molecule has 1 aromatic rings. The van der Waals surface area contributed by atoms with Crippen molar-refractivity contribution < 1.29 is 14.9 Å². The molecule has 1 heterocycles. The zero-order valence-corrected chi connectivity index (χ0v) is 13.0. The van der Waals surface area contributed by atoms with Gasteiger partial charge in [-0.05, 0) is 30.7 Å². The Hall–Kier alpha value is -0.650. The highest BCUT2D eigenvalue weighted by Crippen LogP contribution is 2.33. The fraction of sp³-hybridized carbons (Fsp3) is 0.625. The predicted octanol–water partition coefficient (Wildman–Crippen LogP) is 2.14. The number of rotatable bonds is 7. The lowest BCUT2D eigenvalue weighted by molar-refractivity contribution is 0.00131. The van der Waals surface area contributed by atoms with E-state index < -0.39 is 6.10 Å². The second kappa shape index (κ2) is 8.11. The highest BCUT2D eigenvalue weighted by molar-refractivity contribution is 6.31. The second-order valence-electron chi connectivity index (χ2n) is 5.75. The van der Waals surface area contributed by atoms with E-state index >= 15 is 0 Å². The third-order valence-electron chi connectivity index (χ3n) is 4.30. The Kier molecular flexibility index (Phi) is 6.45. The van der Waals surface area contributed by atoms with Crippen LogP contribution in [0.25, 0.3) is 0 Å². The Balaban J connectivity index is 1.86. The molecule has 1 atom stereocenters. The van der Waals surface area contributed by atoms with E-state index in [1.54, 1.807) is 6.07 Å². The molecule has 0 saturated carbocycles. The molecule has 0 spiro atoms. The lowest BCUT2D eigenvalue weighted by atomic mass is 9.77. The minimum absolute atomic E-state index is 0.0766. The number of benzene rings is 1. The van der Waals surface area contributed by atoms with E-state index in [0.717, 1.165) is 44.6 Å². The highest BCUT2D eigenvalue weighted by atomic mass is 35.5. The average molecular weight is 314 g/mol. The summed E-state index contributed by atoms with van der Waals surface area (Å²) in [5.74, 6) is 0. The van der Waals surface area contributed by atoms with Gasteiger partial charge in [0.1, 0.15) is 0 Å². The average Bonchev–Trinajstić information content (AvgIpc) is 2.49. The maximum absolute atomic E-state index is 10.2. The van der Waals surface area contributed by atoms with Crippen molar-refractivity contribution in [3.8, 4) is 0 Å². The molecule has 1 aliphatic heterocycles. The van der Waals surface area contributed by atoms with Gasteiger partial charge in [0.15, 0.2) is 0 Å². The van der Waals surface area contributed by atoms with Gasteiger partial charge >= 0.3 is 0 Å². The minimum atomic E-state index is -0.621. The molecule has 1 aliphatic rings. The van der Waals surface area contributed by atoms with E-state index in [4.69, 9.17) is 16.3 Å². The van der Waals surface area contributed by atoms with E-state index in [1.807, 2.05) is 18.2 Å². The van der Waals surface area contributed by atoms with Crippen LogP contribution in [0.2, 0.25) is 5.02 Å². The quantitative estimate of drug-likeness (QED) is 0.722. The van der Waals surface area contributed by atoms with Gasteiger partial charge in [-0.3, -0.25) is 0 Å². The van der Waals surface area contributed by atoms with Crippen molar-refractivity contribution in [3.05, 3.63) is 34.9 Å². The number of hydrogen-bond donors (Lipinski definition) is 3. The molecule has 1 saturated heterocycles. The van der Waals surface area contributed by atoms with Crippen molar-refractivity contribution in [2.24, 2.45) is 5.41 Å². The molecule has 5 heteroatoms. The van der Waals surface area contributed by atoms with Gasteiger partial charge in [0.25, 0.3) is 0 Å². The van der Waals surface area contributed by atoms with Gasteiger partial charge in [-0.25, -0.2) is 0 Å². The van der Waals surface area contributed by atoms with Gasteiger partial charge in [0.2, 0.25) is 0 Å². The third-order valence-corrected chi connectivity index (χ3v) is 4.64. The number of nitrogens with one attached hydrogen (secondary N) is 1. The molecule has 118 valence electrons. The lowest BCUT2D eigenvalue weighted by Gasteiger charge is -2.37. The summed E-state index contributed by atoms with van der Waals surface area (Å²) in [4.78, 5) is 0. The number of ether oxygens (including phenoxy) is 1. The zero-order chi connectivity index (χ0) is 15.1. The Bertz CT molecular complexity index is 430. The van der Waals surface area contributed by atoms with Crippen LogP contribution >= 0.6 is 11.6 Å². The summed E-state index contributed by atoms with van der Waals surface area (Å²) in [5.41, 5.74) is 0.822. The molecule has 0 aliphatic carbocycles. The molecule has 3 N–H and O–H groups in total. The van der Waals surface area contributed by atoms with E-state index in [-0.39, 0.29) is 12.0 Å². The van der Waals surface area contributed by atoms with Crippen LogP contribution in [0.4, 0.5) is 0 Å². The van der Waals surface area contributed by atoms with Crippen molar-refractivity contribution in [2.75, 3.05) is 32.9 Å².